The van der Waals surface area contributed by atoms with Crippen LogP contribution in [0, 0.1) is 5.41 Å². The lowest BCUT2D eigenvalue weighted by atomic mass is 10.1. The lowest BCUT2D eigenvalue weighted by Gasteiger charge is -2.13. The van der Waals surface area contributed by atoms with Crippen molar-refractivity contribution >= 4 is 29.0 Å². The number of nitrogens with one attached hydrogen (secondary N) is 3. The molecule has 0 unspecified atom stereocenters. The molecule has 132 valence electrons. The molecule has 7 nitrogen and oxygen atoms in total. The average molecular weight is 350 g/mol. The Morgan fingerprint density at radius 3 is 2.58 bits per heavy atom. The van der Waals surface area contributed by atoms with Crippen molar-refractivity contribution in [3.05, 3.63) is 48.5 Å². The maximum atomic E-state index is 10.6. The first kappa shape index (κ1) is 17.2. The summed E-state index contributed by atoms with van der Waals surface area (Å²) in [5.74, 6) is 1.12. The van der Waals surface area contributed by atoms with E-state index in [2.05, 4.69) is 10.6 Å². The second-order valence-corrected chi connectivity index (χ2v) is 5.40. The van der Waals surface area contributed by atoms with Gasteiger partial charge in [0.2, 0.25) is 6.41 Å². The van der Waals surface area contributed by atoms with E-state index in [4.69, 9.17) is 19.9 Å². The van der Waals surface area contributed by atoms with Gasteiger partial charge in [0.15, 0.2) is 17.5 Å². The molecular weight excluding hydrogens is 332 g/mol. The zero-order valence-corrected chi connectivity index (χ0v) is 14.4. The number of ether oxygens (including phenoxy) is 2. The average Bonchev–Trinajstić information content (AvgIpc) is 2.67. The van der Waals surface area contributed by atoms with Gasteiger partial charge in [0.25, 0.3) is 0 Å². The predicted octanol–water partition coefficient (Wildman–Crippen LogP) is 3.01. The van der Waals surface area contributed by atoms with E-state index >= 15 is 0 Å². The van der Waals surface area contributed by atoms with Gasteiger partial charge in [0.1, 0.15) is 0 Å². The summed E-state index contributed by atoms with van der Waals surface area (Å²) in [5, 5.41) is 13.8. The summed E-state index contributed by atoms with van der Waals surface area (Å²) in [5.41, 5.74) is 2.97. The van der Waals surface area contributed by atoms with E-state index < -0.39 is 0 Å². The second kappa shape index (κ2) is 7.52. The summed E-state index contributed by atoms with van der Waals surface area (Å²) < 4.78 is 10.6. The van der Waals surface area contributed by atoms with E-state index in [1.54, 1.807) is 14.2 Å². The fraction of sp³-hybridized carbons (Fsp3) is 0.105. The molecule has 0 spiro atoms. The van der Waals surface area contributed by atoms with E-state index in [1.165, 1.54) is 0 Å². The van der Waals surface area contributed by atoms with Crippen LogP contribution in [0.2, 0.25) is 0 Å². The maximum absolute atomic E-state index is 10.6. The van der Waals surface area contributed by atoms with E-state index in [1.807, 2.05) is 48.5 Å². The van der Waals surface area contributed by atoms with Crippen molar-refractivity contribution in [1.29, 1.82) is 5.41 Å². The van der Waals surface area contributed by atoms with Crippen LogP contribution in [-0.2, 0) is 4.79 Å². The Labute approximate surface area is 150 Å². The van der Waals surface area contributed by atoms with Crippen LogP contribution in [0.5, 0.6) is 11.5 Å². The standard InChI is InChI=1S/C19H18N4O3/c1-25-17-8-7-12(9-18(17)26-2)15-10-16(23-19(20)21-11-24)13-5-3-4-6-14(13)22-15/h3-11H,1-2H3,(H3,20,21,22,23,24). The number of aromatic nitrogens is 1. The highest BCUT2D eigenvalue weighted by Gasteiger charge is 2.11. The molecule has 0 fully saturated rings. The van der Waals surface area contributed by atoms with Crippen molar-refractivity contribution in [3.8, 4) is 22.8 Å². The monoisotopic (exact) mass is 350 g/mol. The number of guanidine groups is 1. The summed E-state index contributed by atoms with van der Waals surface area (Å²) in [6.07, 6.45) is 0.452. The number of para-hydroxylation sites is 1. The number of anilines is 1. The number of pyridine rings is 1. The Bertz CT molecular complexity index is 972. The third kappa shape index (κ3) is 3.41. The molecule has 0 bridgehead atoms. The first-order chi connectivity index (χ1) is 12.7. The van der Waals surface area contributed by atoms with Crippen molar-refractivity contribution in [2.24, 2.45) is 0 Å². The lowest BCUT2D eigenvalue weighted by molar-refractivity contribution is -0.108. The number of fused-ring (bicyclic) bond motifs is 1. The van der Waals surface area contributed by atoms with Crippen molar-refractivity contribution < 1.29 is 14.3 Å². The Kier molecular flexibility index (Phi) is 4.98. The Hall–Kier alpha value is -3.61. The number of hydrogen-bond donors (Lipinski definition) is 3. The topological polar surface area (TPSA) is 96.3 Å². The largest absolute Gasteiger partial charge is 0.493 e. The fourth-order valence-electron chi connectivity index (χ4n) is 2.65. The highest BCUT2D eigenvalue weighted by atomic mass is 16.5. The summed E-state index contributed by atoms with van der Waals surface area (Å²) in [6, 6.07) is 14.9. The first-order valence-electron chi connectivity index (χ1n) is 7.84. The Balaban J connectivity index is 2.12. The molecule has 0 saturated heterocycles. The van der Waals surface area contributed by atoms with Crippen LogP contribution in [0.1, 0.15) is 0 Å². The Morgan fingerprint density at radius 2 is 1.85 bits per heavy atom. The number of benzene rings is 2. The van der Waals surface area contributed by atoms with Gasteiger partial charge >= 0.3 is 0 Å². The van der Waals surface area contributed by atoms with Gasteiger partial charge in [-0.3, -0.25) is 15.5 Å². The van der Waals surface area contributed by atoms with Gasteiger partial charge in [-0.05, 0) is 30.3 Å². The number of carbonyl (C=O) groups is 1. The van der Waals surface area contributed by atoms with Gasteiger partial charge in [-0.2, -0.15) is 0 Å². The molecule has 0 radical (unpaired) electrons. The van der Waals surface area contributed by atoms with Crippen LogP contribution in [0.4, 0.5) is 5.69 Å². The second-order valence-electron chi connectivity index (χ2n) is 5.40. The molecule has 2 aromatic carbocycles. The zero-order chi connectivity index (χ0) is 18.5. The van der Waals surface area contributed by atoms with Crippen LogP contribution in [0.3, 0.4) is 0 Å². The van der Waals surface area contributed by atoms with E-state index in [-0.39, 0.29) is 5.96 Å². The van der Waals surface area contributed by atoms with Crippen LogP contribution in [0.25, 0.3) is 22.2 Å². The quantitative estimate of drug-likeness (QED) is 0.373. The highest BCUT2D eigenvalue weighted by Crippen LogP contribution is 2.34. The number of amides is 1. The third-order valence-electron chi connectivity index (χ3n) is 3.86. The smallest absolute Gasteiger partial charge is 0.213 e. The summed E-state index contributed by atoms with van der Waals surface area (Å²) in [6.45, 7) is 0. The van der Waals surface area contributed by atoms with Crippen LogP contribution < -0.4 is 20.1 Å². The number of nitrogens with zero attached hydrogens (tertiary/aromatic N) is 1. The van der Waals surface area contributed by atoms with E-state index in [9.17, 15) is 4.79 Å². The van der Waals surface area contributed by atoms with Gasteiger partial charge in [-0.15, -0.1) is 0 Å². The molecule has 1 amide bonds. The van der Waals surface area contributed by atoms with Crippen LogP contribution in [-0.4, -0.2) is 31.6 Å². The minimum absolute atomic E-state index is 0.116. The SMILES string of the molecule is COc1ccc(-c2cc(NC(=N)NC=O)c3ccccc3n2)cc1OC. The number of methoxy groups -OCH3 is 2. The molecule has 0 aliphatic heterocycles. The molecule has 7 heteroatoms. The third-order valence-corrected chi connectivity index (χ3v) is 3.86. The van der Waals surface area contributed by atoms with Crippen molar-refractivity contribution in [3.63, 3.8) is 0 Å². The van der Waals surface area contributed by atoms with Crippen LogP contribution >= 0.6 is 0 Å². The maximum Gasteiger partial charge on any atom is 0.213 e. The van der Waals surface area contributed by atoms with E-state index in [0.29, 0.717) is 29.3 Å². The molecule has 0 atom stereocenters. The molecule has 3 N–H and O–H groups in total. The van der Waals surface area contributed by atoms with Crippen molar-refractivity contribution in [2.75, 3.05) is 19.5 Å². The molecule has 0 aliphatic carbocycles. The highest BCUT2D eigenvalue weighted by molar-refractivity contribution is 6.04. The molecule has 0 aliphatic rings. The molecule has 3 rings (SSSR count). The molecule has 1 aromatic heterocycles. The molecule has 1 heterocycles. The summed E-state index contributed by atoms with van der Waals surface area (Å²) in [4.78, 5) is 15.3. The van der Waals surface area contributed by atoms with Gasteiger partial charge < -0.3 is 14.8 Å². The van der Waals surface area contributed by atoms with Gasteiger partial charge in [-0.25, -0.2) is 4.98 Å². The number of hydrogen-bond acceptors (Lipinski definition) is 5. The normalized spacial score (nSPS) is 10.2. The minimum atomic E-state index is -0.116. The zero-order valence-electron chi connectivity index (χ0n) is 14.4. The van der Waals surface area contributed by atoms with Gasteiger partial charge in [-0.1, -0.05) is 18.2 Å². The first-order valence-corrected chi connectivity index (χ1v) is 7.84. The minimum Gasteiger partial charge on any atom is -0.493 e. The van der Waals surface area contributed by atoms with Crippen molar-refractivity contribution in [2.45, 2.75) is 0 Å². The molecule has 3 aromatic rings. The molecular formula is C19H18N4O3. The fourth-order valence-corrected chi connectivity index (χ4v) is 2.65. The van der Waals surface area contributed by atoms with Crippen molar-refractivity contribution in [1.82, 2.24) is 10.3 Å². The van der Waals surface area contributed by atoms with Gasteiger partial charge in [0.05, 0.1) is 31.1 Å². The van der Waals surface area contributed by atoms with Crippen LogP contribution in [0.15, 0.2) is 48.5 Å². The summed E-state index contributed by atoms with van der Waals surface area (Å²) in [7, 11) is 3.16. The van der Waals surface area contributed by atoms with Gasteiger partial charge in [0, 0.05) is 10.9 Å². The number of carbonyl (C=O) groups excluding carboxylic acids is 1. The molecule has 0 saturated carbocycles. The summed E-state index contributed by atoms with van der Waals surface area (Å²) >= 11 is 0. The Morgan fingerprint density at radius 1 is 1.08 bits per heavy atom. The molecule has 26 heavy (non-hydrogen) atoms. The predicted molar refractivity (Wildman–Crippen MR) is 101 cm³/mol. The lowest BCUT2D eigenvalue weighted by Crippen LogP contribution is -2.28. The number of rotatable bonds is 5. The van der Waals surface area contributed by atoms with E-state index in [0.717, 1.165) is 16.5 Å².